The molecule has 0 aromatic carbocycles. The largest absolute Gasteiger partial charge is 0.356 e. The number of rotatable bonds is 24. The van der Waals surface area contributed by atoms with Crippen LogP contribution < -0.4 is 0 Å². The topological polar surface area (TPSA) is 46.2 Å². The molecule has 0 radical (unpaired) electrons. The van der Waals surface area contributed by atoms with Crippen molar-refractivity contribution in [2.45, 2.75) is 118 Å². The molecule has 0 bridgehead atoms. The molecule has 30 heavy (non-hydrogen) atoms. The maximum Gasteiger partial charge on any atom is 0.285 e. The van der Waals surface area contributed by atoms with Gasteiger partial charge >= 0.3 is 0 Å². The Kier molecular flexibility index (Phi) is 21.9. The van der Waals surface area contributed by atoms with Gasteiger partial charge < -0.3 is 23.7 Å². The maximum atomic E-state index is 6.33. The smallest absolute Gasteiger partial charge is 0.285 e. The van der Waals surface area contributed by atoms with Crippen LogP contribution in [0.1, 0.15) is 112 Å². The Hall–Kier alpha value is -0.200. The van der Waals surface area contributed by atoms with E-state index in [9.17, 15) is 0 Å². The van der Waals surface area contributed by atoms with Gasteiger partial charge in [-0.3, -0.25) is 0 Å². The molecule has 5 heteroatoms. The lowest BCUT2D eigenvalue weighted by molar-refractivity contribution is -0.407. The van der Waals surface area contributed by atoms with Gasteiger partial charge in [0.05, 0.1) is 19.8 Å². The quantitative estimate of drug-likeness (QED) is 0.120. The minimum Gasteiger partial charge on any atom is -0.356 e. The SMILES string of the molecule is CCCCCCCCC(CCCOCOCC)C(OCCC)(OCCC)OCCC. The first-order valence-electron chi connectivity index (χ1n) is 12.8. The van der Waals surface area contributed by atoms with Crippen LogP contribution >= 0.6 is 0 Å². The van der Waals surface area contributed by atoms with E-state index in [1.54, 1.807) is 0 Å². The lowest BCUT2D eigenvalue weighted by Gasteiger charge is -2.40. The summed E-state index contributed by atoms with van der Waals surface area (Å²) in [7, 11) is 0. The lowest BCUT2D eigenvalue weighted by atomic mass is 9.93. The second-order valence-electron chi connectivity index (χ2n) is 8.06. The Bertz CT molecular complexity index is 300. The van der Waals surface area contributed by atoms with Crippen LogP contribution in [0.2, 0.25) is 0 Å². The fourth-order valence-corrected chi connectivity index (χ4v) is 3.51. The molecule has 0 aliphatic rings. The molecule has 0 aliphatic carbocycles. The standard InChI is InChI=1S/C25H52O5/c1-6-11-12-13-14-15-17-24(18-16-22-27-23-26-10-5)25(28-19-7-2,29-20-8-3)30-21-9-4/h24H,6-23H2,1-5H3. The molecule has 0 saturated heterocycles. The van der Waals surface area contributed by atoms with Crippen LogP contribution in [0.3, 0.4) is 0 Å². The fourth-order valence-electron chi connectivity index (χ4n) is 3.51. The third-order valence-corrected chi connectivity index (χ3v) is 5.14. The number of hydrogen-bond acceptors (Lipinski definition) is 5. The molecule has 5 nitrogen and oxygen atoms in total. The molecule has 0 spiro atoms. The highest BCUT2D eigenvalue weighted by atomic mass is 16.9. The third-order valence-electron chi connectivity index (χ3n) is 5.14. The zero-order chi connectivity index (χ0) is 22.3. The van der Waals surface area contributed by atoms with Gasteiger partial charge in [0.1, 0.15) is 6.79 Å². The molecule has 0 heterocycles. The van der Waals surface area contributed by atoms with Crippen molar-refractivity contribution < 1.29 is 23.7 Å². The molecule has 182 valence electrons. The van der Waals surface area contributed by atoms with Crippen LogP contribution in [-0.2, 0) is 23.7 Å². The van der Waals surface area contributed by atoms with Gasteiger partial charge in [-0.1, -0.05) is 66.2 Å². The van der Waals surface area contributed by atoms with Crippen LogP contribution in [0, 0.1) is 5.92 Å². The van der Waals surface area contributed by atoms with Gasteiger partial charge in [0.2, 0.25) is 0 Å². The molecule has 0 aromatic rings. The molecule has 0 aromatic heterocycles. The molecular weight excluding hydrogens is 380 g/mol. The van der Waals surface area contributed by atoms with Crippen molar-refractivity contribution in [1.29, 1.82) is 0 Å². The fraction of sp³-hybridized carbons (Fsp3) is 1.00. The van der Waals surface area contributed by atoms with Crippen LogP contribution in [-0.4, -0.2) is 45.8 Å². The minimum absolute atomic E-state index is 0.212. The molecule has 0 rings (SSSR count). The molecule has 0 saturated carbocycles. The second kappa shape index (κ2) is 22.0. The van der Waals surface area contributed by atoms with E-state index in [2.05, 4.69) is 27.7 Å². The highest BCUT2D eigenvalue weighted by Gasteiger charge is 2.41. The van der Waals surface area contributed by atoms with E-state index < -0.39 is 5.97 Å². The van der Waals surface area contributed by atoms with Crippen molar-refractivity contribution in [2.24, 2.45) is 5.92 Å². The molecule has 1 atom stereocenters. The Labute approximate surface area is 187 Å². The average molecular weight is 433 g/mol. The molecule has 0 fully saturated rings. The summed E-state index contributed by atoms with van der Waals surface area (Å²) in [5.41, 5.74) is 0. The van der Waals surface area contributed by atoms with Gasteiger partial charge in [-0.05, 0) is 45.4 Å². The summed E-state index contributed by atoms with van der Waals surface area (Å²) in [5, 5.41) is 0. The van der Waals surface area contributed by atoms with Crippen molar-refractivity contribution >= 4 is 0 Å². The predicted molar refractivity (Wildman–Crippen MR) is 125 cm³/mol. The summed E-state index contributed by atoms with van der Waals surface area (Å²) in [6, 6.07) is 0. The first kappa shape index (κ1) is 29.8. The normalized spacial score (nSPS) is 13.1. The van der Waals surface area contributed by atoms with Crippen molar-refractivity contribution in [3.05, 3.63) is 0 Å². The lowest BCUT2D eigenvalue weighted by Crippen LogP contribution is -2.47. The summed E-state index contributed by atoms with van der Waals surface area (Å²) >= 11 is 0. The second-order valence-corrected chi connectivity index (χ2v) is 8.06. The van der Waals surface area contributed by atoms with Crippen molar-refractivity contribution in [2.75, 3.05) is 39.8 Å². The molecular formula is C25H52O5. The zero-order valence-corrected chi connectivity index (χ0v) is 20.8. The molecule has 1 unspecified atom stereocenters. The maximum absolute atomic E-state index is 6.33. The Morgan fingerprint density at radius 2 is 1.07 bits per heavy atom. The highest BCUT2D eigenvalue weighted by Crippen LogP contribution is 2.34. The average Bonchev–Trinajstić information content (AvgIpc) is 2.77. The summed E-state index contributed by atoms with van der Waals surface area (Å²) in [5.74, 6) is -0.713. The zero-order valence-electron chi connectivity index (χ0n) is 20.8. The van der Waals surface area contributed by atoms with Crippen molar-refractivity contribution in [3.63, 3.8) is 0 Å². The molecule has 0 aliphatic heterocycles. The third kappa shape index (κ3) is 14.7. The number of hydrogen-bond donors (Lipinski definition) is 0. The van der Waals surface area contributed by atoms with Crippen LogP contribution in [0.4, 0.5) is 0 Å². The van der Waals surface area contributed by atoms with E-state index in [4.69, 9.17) is 23.7 Å². The number of unbranched alkanes of at least 4 members (excludes halogenated alkanes) is 5. The van der Waals surface area contributed by atoms with Crippen LogP contribution in [0.25, 0.3) is 0 Å². The first-order valence-corrected chi connectivity index (χ1v) is 12.8. The van der Waals surface area contributed by atoms with Crippen molar-refractivity contribution in [1.82, 2.24) is 0 Å². The van der Waals surface area contributed by atoms with Gasteiger partial charge in [-0.15, -0.1) is 0 Å². The Balaban J connectivity index is 5.04. The van der Waals surface area contributed by atoms with Gasteiger partial charge in [0.15, 0.2) is 0 Å². The minimum atomic E-state index is -0.925. The van der Waals surface area contributed by atoms with Crippen molar-refractivity contribution in [3.8, 4) is 0 Å². The summed E-state index contributed by atoms with van der Waals surface area (Å²) in [6.45, 7) is 14.4. The van der Waals surface area contributed by atoms with E-state index >= 15 is 0 Å². The summed E-state index contributed by atoms with van der Waals surface area (Å²) in [4.78, 5) is 0. The van der Waals surface area contributed by atoms with Gasteiger partial charge in [0.25, 0.3) is 5.97 Å². The Morgan fingerprint density at radius 3 is 1.60 bits per heavy atom. The van der Waals surface area contributed by atoms with E-state index in [1.165, 1.54) is 38.5 Å². The summed E-state index contributed by atoms with van der Waals surface area (Å²) < 4.78 is 29.9. The van der Waals surface area contributed by atoms with E-state index in [0.717, 1.165) is 38.5 Å². The molecule has 0 N–H and O–H groups in total. The van der Waals surface area contributed by atoms with E-state index in [0.29, 0.717) is 39.8 Å². The monoisotopic (exact) mass is 432 g/mol. The first-order chi connectivity index (χ1) is 14.7. The van der Waals surface area contributed by atoms with Gasteiger partial charge in [-0.2, -0.15) is 0 Å². The summed E-state index contributed by atoms with van der Waals surface area (Å²) in [6.07, 6.45) is 13.6. The van der Waals surface area contributed by atoms with Crippen LogP contribution in [0.15, 0.2) is 0 Å². The van der Waals surface area contributed by atoms with E-state index in [-0.39, 0.29) is 5.92 Å². The highest BCUT2D eigenvalue weighted by molar-refractivity contribution is 4.73. The van der Waals surface area contributed by atoms with Crippen LogP contribution in [0.5, 0.6) is 0 Å². The number of ether oxygens (including phenoxy) is 5. The van der Waals surface area contributed by atoms with Gasteiger partial charge in [0, 0.05) is 19.1 Å². The molecule has 0 amide bonds. The van der Waals surface area contributed by atoms with Gasteiger partial charge in [-0.25, -0.2) is 0 Å². The van der Waals surface area contributed by atoms with E-state index in [1.807, 2.05) is 6.92 Å². The predicted octanol–water partition coefficient (Wildman–Crippen LogP) is 7.08. The Morgan fingerprint density at radius 1 is 0.533 bits per heavy atom.